The molecule has 1 saturated heterocycles. The molecular formula is C21H22ClN3. The van der Waals surface area contributed by atoms with Crippen LogP contribution < -0.4 is 10.6 Å². The average molecular weight is 352 g/mol. The van der Waals surface area contributed by atoms with Gasteiger partial charge in [-0.1, -0.05) is 35.9 Å². The number of hydrogen-bond acceptors (Lipinski definition) is 3. The first kappa shape index (κ1) is 16.2. The van der Waals surface area contributed by atoms with Crippen molar-refractivity contribution in [2.45, 2.75) is 19.3 Å². The lowest BCUT2D eigenvalue weighted by Crippen LogP contribution is -2.34. The molecule has 0 spiro atoms. The maximum absolute atomic E-state index is 6.36. The molecule has 4 rings (SSSR count). The molecule has 0 aliphatic carbocycles. The van der Waals surface area contributed by atoms with Crippen molar-refractivity contribution in [3.63, 3.8) is 0 Å². The highest BCUT2D eigenvalue weighted by molar-refractivity contribution is 6.33. The smallest absolute Gasteiger partial charge is 0.0733 e. The lowest BCUT2D eigenvalue weighted by molar-refractivity contribution is 0.404. The minimum Gasteiger partial charge on any atom is -0.399 e. The first-order valence-corrected chi connectivity index (χ1v) is 9.21. The third-order valence-electron chi connectivity index (χ3n) is 5.15. The van der Waals surface area contributed by atoms with Gasteiger partial charge in [0.15, 0.2) is 0 Å². The molecule has 2 aromatic carbocycles. The predicted molar refractivity (Wildman–Crippen MR) is 106 cm³/mol. The third-order valence-corrected chi connectivity index (χ3v) is 5.45. The van der Waals surface area contributed by atoms with Gasteiger partial charge in [0, 0.05) is 30.4 Å². The van der Waals surface area contributed by atoms with E-state index in [1.54, 1.807) is 0 Å². The molecule has 1 aliphatic heterocycles. The van der Waals surface area contributed by atoms with Gasteiger partial charge in [-0.05, 0) is 55.0 Å². The molecule has 2 N–H and O–H groups in total. The van der Waals surface area contributed by atoms with Crippen molar-refractivity contribution >= 4 is 33.9 Å². The summed E-state index contributed by atoms with van der Waals surface area (Å²) in [6.45, 7) is 2.07. The standard InChI is InChI=1S/C21H22ClN3/c22-19-14-18(23)6-7-20(19)25-11-8-15(9-12-25)13-17-4-1-3-16-5-2-10-24-21(16)17/h1-7,10,14-15H,8-9,11-13,23H2. The molecule has 1 aliphatic rings. The first-order chi connectivity index (χ1) is 12.2. The van der Waals surface area contributed by atoms with Crippen LogP contribution in [0.4, 0.5) is 11.4 Å². The van der Waals surface area contributed by atoms with Crippen LogP contribution in [-0.2, 0) is 6.42 Å². The van der Waals surface area contributed by atoms with Gasteiger partial charge in [-0.15, -0.1) is 0 Å². The van der Waals surface area contributed by atoms with Crippen LogP contribution in [0.1, 0.15) is 18.4 Å². The zero-order valence-electron chi connectivity index (χ0n) is 14.2. The van der Waals surface area contributed by atoms with Crippen molar-refractivity contribution in [3.05, 3.63) is 65.3 Å². The van der Waals surface area contributed by atoms with Crippen LogP contribution in [0.25, 0.3) is 10.9 Å². The summed E-state index contributed by atoms with van der Waals surface area (Å²) in [5, 5.41) is 1.97. The normalized spacial score (nSPS) is 15.6. The highest BCUT2D eigenvalue weighted by Crippen LogP contribution is 2.32. The molecule has 1 aromatic heterocycles. The van der Waals surface area contributed by atoms with Crippen LogP contribution in [0, 0.1) is 5.92 Å². The fourth-order valence-corrected chi connectivity index (χ4v) is 4.11. The van der Waals surface area contributed by atoms with E-state index in [1.165, 1.54) is 23.8 Å². The van der Waals surface area contributed by atoms with Gasteiger partial charge >= 0.3 is 0 Å². The molecule has 4 heteroatoms. The second-order valence-corrected chi connectivity index (χ2v) is 7.24. The van der Waals surface area contributed by atoms with E-state index in [0.717, 1.165) is 35.7 Å². The Kier molecular flexibility index (Phi) is 4.50. The third kappa shape index (κ3) is 3.42. The SMILES string of the molecule is Nc1ccc(N2CCC(Cc3cccc4cccnc34)CC2)c(Cl)c1. The monoisotopic (exact) mass is 351 g/mol. The number of pyridine rings is 1. The van der Waals surface area contributed by atoms with Crippen LogP contribution in [0.2, 0.25) is 5.02 Å². The number of anilines is 2. The van der Waals surface area contributed by atoms with E-state index >= 15 is 0 Å². The summed E-state index contributed by atoms with van der Waals surface area (Å²) in [7, 11) is 0. The number of benzene rings is 2. The van der Waals surface area contributed by atoms with Crippen LogP contribution >= 0.6 is 11.6 Å². The molecule has 0 unspecified atom stereocenters. The van der Waals surface area contributed by atoms with Crippen molar-refractivity contribution in [2.75, 3.05) is 23.7 Å². The maximum Gasteiger partial charge on any atom is 0.0733 e. The molecule has 2 heterocycles. The van der Waals surface area contributed by atoms with Crippen LogP contribution in [0.15, 0.2) is 54.7 Å². The molecule has 0 amide bonds. The Morgan fingerprint density at radius 2 is 1.88 bits per heavy atom. The molecular weight excluding hydrogens is 330 g/mol. The summed E-state index contributed by atoms with van der Waals surface area (Å²) in [5.41, 5.74) is 10.1. The Morgan fingerprint density at radius 3 is 2.68 bits per heavy atom. The van der Waals surface area contributed by atoms with Crippen molar-refractivity contribution < 1.29 is 0 Å². The van der Waals surface area contributed by atoms with Crippen LogP contribution in [0.3, 0.4) is 0 Å². The van der Waals surface area contributed by atoms with Gasteiger partial charge in [0.2, 0.25) is 0 Å². The Hall–Kier alpha value is -2.26. The predicted octanol–water partition coefficient (Wildman–Crippen LogP) is 4.93. The van der Waals surface area contributed by atoms with E-state index in [1.807, 2.05) is 30.5 Å². The van der Waals surface area contributed by atoms with Crippen molar-refractivity contribution in [1.29, 1.82) is 0 Å². The van der Waals surface area contributed by atoms with Gasteiger partial charge in [0.05, 0.1) is 16.2 Å². The number of aromatic nitrogens is 1. The van der Waals surface area contributed by atoms with Gasteiger partial charge in [0.25, 0.3) is 0 Å². The highest BCUT2D eigenvalue weighted by Gasteiger charge is 2.21. The largest absolute Gasteiger partial charge is 0.399 e. The highest BCUT2D eigenvalue weighted by atomic mass is 35.5. The molecule has 0 saturated carbocycles. The lowest BCUT2D eigenvalue weighted by Gasteiger charge is -2.34. The molecule has 3 nitrogen and oxygen atoms in total. The van der Waals surface area contributed by atoms with E-state index in [4.69, 9.17) is 17.3 Å². The number of nitrogens with zero attached hydrogens (tertiary/aromatic N) is 2. The minimum absolute atomic E-state index is 0.691. The number of halogens is 1. The minimum atomic E-state index is 0.691. The van der Waals surface area contributed by atoms with Gasteiger partial charge in [-0.25, -0.2) is 0 Å². The Bertz CT molecular complexity index is 880. The topological polar surface area (TPSA) is 42.1 Å². The summed E-state index contributed by atoms with van der Waals surface area (Å²) in [4.78, 5) is 6.96. The second kappa shape index (κ2) is 6.93. The lowest BCUT2D eigenvalue weighted by atomic mass is 9.89. The van der Waals surface area contributed by atoms with E-state index in [0.29, 0.717) is 11.6 Å². The average Bonchev–Trinajstić information content (AvgIpc) is 2.63. The summed E-state index contributed by atoms with van der Waals surface area (Å²) in [5.74, 6) is 0.691. The Morgan fingerprint density at radius 1 is 1.08 bits per heavy atom. The summed E-state index contributed by atoms with van der Waals surface area (Å²) in [6.07, 6.45) is 5.32. The Labute approximate surface area is 153 Å². The molecule has 0 radical (unpaired) electrons. The number of piperidine rings is 1. The zero-order chi connectivity index (χ0) is 17.2. The van der Waals surface area contributed by atoms with Gasteiger partial charge in [-0.3, -0.25) is 4.98 Å². The molecule has 3 aromatic rings. The maximum atomic E-state index is 6.36. The zero-order valence-corrected chi connectivity index (χ0v) is 14.9. The second-order valence-electron chi connectivity index (χ2n) is 6.84. The summed E-state index contributed by atoms with van der Waals surface area (Å²) in [6, 6.07) is 16.4. The first-order valence-electron chi connectivity index (χ1n) is 8.83. The molecule has 1 fully saturated rings. The molecule has 128 valence electrons. The number of nitrogens with two attached hydrogens (primary N) is 1. The molecule has 0 bridgehead atoms. The van der Waals surface area contributed by atoms with Crippen LogP contribution in [-0.4, -0.2) is 18.1 Å². The Balaban J connectivity index is 1.45. The van der Waals surface area contributed by atoms with Crippen molar-refractivity contribution in [3.8, 4) is 0 Å². The number of hydrogen-bond donors (Lipinski definition) is 1. The van der Waals surface area contributed by atoms with Crippen molar-refractivity contribution in [1.82, 2.24) is 4.98 Å². The number of para-hydroxylation sites is 1. The van der Waals surface area contributed by atoms with E-state index < -0.39 is 0 Å². The fraction of sp³-hybridized carbons (Fsp3) is 0.286. The quantitative estimate of drug-likeness (QED) is 0.680. The summed E-state index contributed by atoms with van der Waals surface area (Å²) < 4.78 is 0. The fourth-order valence-electron chi connectivity index (χ4n) is 3.80. The molecule has 0 atom stereocenters. The molecule has 25 heavy (non-hydrogen) atoms. The van der Waals surface area contributed by atoms with E-state index in [-0.39, 0.29) is 0 Å². The van der Waals surface area contributed by atoms with E-state index in [9.17, 15) is 0 Å². The number of fused-ring (bicyclic) bond motifs is 1. The van der Waals surface area contributed by atoms with Crippen molar-refractivity contribution in [2.24, 2.45) is 5.92 Å². The number of rotatable bonds is 3. The van der Waals surface area contributed by atoms with Gasteiger partial charge < -0.3 is 10.6 Å². The van der Waals surface area contributed by atoms with E-state index in [2.05, 4.69) is 34.1 Å². The summed E-state index contributed by atoms with van der Waals surface area (Å²) >= 11 is 6.36. The number of nitrogen functional groups attached to an aromatic ring is 1. The van der Waals surface area contributed by atoms with Gasteiger partial charge in [0.1, 0.15) is 0 Å². The van der Waals surface area contributed by atoms with Crippen LogP contribution in [0.5, 0.6) is 0 Å². The van der Waals surface area contributed by atoms with Gasteiger partial charge in [-0.2, -0.15) is 0 Å².